The monoisotopic (exact) mass is 317 g/mol. The molecule has 0 saturated heterocycles. The lowest BCUT2D eigenvalue weighted by molar-refractivity contribution is 0.437. The van der Waals surface area contributed by atoms with E-state index < -0.39 is 8.32 Å². The lowest BCUT2D eigenvalue weighted by Gasteiger charge is -2.26. The van der Waals surface area contributed by atoms with Crippen molar-refractivity contribution < 1.29 is 4.80 Å². The fourth-order valence-corrected chi connectivity index (χ4v) is 7.64. The van der Waals surface area contributed by atoms with Crippen molar-refractivity contribution in [1.82, 2.24) is 4.90 Å². The van der Waals surface area contributed by atoms with Crippen molar-refractivity contribution in [3.63, 3.8) is 0 Å². The van der Waals surface area contributed by atoms with Gasteiger partial charge in [0.15, 0.2) is 0 Å². The molecule has 2 aromatic carbocycles. The average molecular weight is 318 g/mol. The highest BCUT2D eigenvalue weighted by Crippen LogP contribution is 2.11. The number of thioether (sulfide) groups is 1. The molecule has 0 atom stereocenters. The predicted octanol–water partition coefficient (Wildman–Crippen LogP) is 1.57. The molecule has 0 bridgehead atoms. The summed E-state index contributed by atoms with van der Waals surface area (Å²) < 4.78 is 0. The van der Waals surface area contributed by atoms with Gasteiger partial charge in [0.1, 0.15) is 0 Å². The van der Waals surface area contributed by atoms with Gasteiger partial charge < -0.3 is 9.70 Å². The maximum absolute atomic E-state index is 11.4. The van der Waals surface area contributed by atoms with Gasteiger partial charge in [0.25, 0.3) is 8.32 Å². The van der Waals surface area contributed by atoms with E-state index in [1.54, 1.807) is 0 Å². The van der Waals surface area contributed by atoms with E-state index in [0.29, 0.717) is 0 Å². The largest absolute Gasteiger partial charge is 0.423 e. The minimum Gasteiger partial charge on any atom is -0.423 e. The third kappa shape index (κ3) is 4.45. The number of rotatable bonds is 7. The Hall–Kier alpha value is -1.07. The molecule has 2 rings (SSSR count). The van der Waals surface area contributed by atoms with Crippen molar-refractivity contribution in [2.75, 3.05) is 31.8 Å². The first-order valence-electron chi connectivity index (χ1n) is 7.19. The van der Waals surface area contributed by atoms with Crippen LogP contribution in [-0.4, -0.2) is 49.8 Å². The van der Waals surface area contributed by atoms with E-state index in [1.807, 2.05) is 48.2 Å². The molecular formula is C17H23NOSSi. The normalized spacial score (nSPS) is 11.8. The Kier molecular flexibility index (Phi) is 6.05. The third-order valence-electron chi connectivity index (χ3n) is 3.50. The third-order valence-corrected chi connectivity index (χ3v) is 9.03. The van der Waals surface area contributed by atoms with Crippen molar-refractivity contribution in [3.05, 3.63) is 60.7 Å². The van der Waals surface area contributed by atoms with Gasteiger partial charge in [-0.3, -0.25) is 0 Å². The van der Waals surface area contributed by atoms with Gasteiger partial charge in [-0.1, -0.05) is 60.7 Å². The second kappa shape index (κ2) is 7.80. The molecule has 2 aromatic rings. The molecular weight excluding hydrogens is 294 g/mol. The Morgan fingerprint density at radius 3 is 1.81 bits per heavy atom. The van der Waals surface area contributed by atoms with E-state index in [9.17, 15) is 4.80 Å². The first-order valence-corrected chi connectivity index (χ1v) is 10.5. The molecule has 0 heterocycles. The molecule has 0 aliphatic rings. The Morgan fingerprint density at radius 1 is 0.905 bits per heavy atom. The van der Waals surface area contributed by atoms with Crippen LogP contribution in [-0.2, 0) is 0 Å². The Morgan fingerprint density at radius 2 is 1.38 bits per heavy atom. The summed E-state index contributed by atoms with van der Waals surface area (Å²) >= 11 is 1.85. The van der Waals surface area contributed by atoms with Crippen LogP contribution in [0.4, 0.5) is 0 Å². The second-order valence-corrected chi connectivity index (χ2v) is 10.3. The maximum atomic E-state index is 11.4. The first kappa shape index (κ1) is 16.3. The van der Waals surface area contributed by atoms with Crippen LogP contribution < -0.4 is 10.4 Å². The summed E-state index contributed by atoms with van der Waals surface area (Å²) in [4.78, 5) is 13.6. The number of hydrogen-bond donors (Lipinski definition) is 1. The van der Waals surface area contributed by atoms with Crippen LogP contribution in [0.1, 0.15) is 0 Å². The van der Waals surface area contributed by atoms with Gasteiger partial charge in [-0.05, 0) is 24.5 Å². The average Bonchev–Trinajstić information content (AvgIpc) is 2.53. The molecule has 0 unspecified atom stereocenters. The van der Waals surface area contributed by atoms with E-state index >= 15 is 0 Å². The summed E-state index contributed by atoms with van der Waals surface area (Å²) in [7, 11) is 1.53. The molecule has 1 N–H and O–H groups in total. The highest BCUT2D eigenvalue weighted by Gasteiger charge is 2.35. The van der Waals surface area contributed by atoms with Crippen molar-refractivity contribution >= 4 is 30.5 Å². The van der Waals surface area contributed by atoms with Crippen LogP contribution >= 0.6 is 11.8 Å². The summed E-state index contributed by atoms with van der Waals surface area (Å²) in [5.41, 5.74) is 0. The Balaban J connectivity index is 2.19. The molecule has 0 spiro atoms. The van der Waals surface area contributed by atoms with Crippen LogP contribution in [0.5, 0.6) is 0 Å². The van der Waals surface area contributed by atoms with E-state index in [2.05, 4.69) is 43.3 Å². The molecule has 4 heteroatoms. The zero-order valence-corrected chi connectivity index (χ0v) is 14.5. The molecule has 0 aliphatic carbocycles. The molecule has 112 valence electrons. The fourth-order valence-electron chi connectivity index (χ4n) is 2.23. The fraction of sp³-hybridized carbons (Fsp3) is 0.294. The lowest BCUT2D eigenvalue weighted by Crippen LogP contribution is -2.61. The van der Waals surface area contributed by atoms with Crippen molar-refractivity contribution in [1.29, 1.82) is 0 Å². The van der Waals surface area contributed by atoms with Crippen molar-refractivity contribution in [2.45, 2.75) is 0 Å². The van der Waals surface area contributed by atoms with Gasteiger partial charge in [-0.25, -0.2) is 0 Å². The summed E-state index contributed by atoms with van der Waals surface area (Å²) in [5.74, 6) is 1.04. The molecule has 0 radical (unpaired) electrons. The number of hydrogen-bond acceptors (Lipinski definition) is 3. The van der Waals surface area contributed by atoms with Crippen LogP contribution in [0.15, 0.2) is 60.7 Å². The quantitative estimate of drug-likeness (QED) is 0.619. The van der Waals surface area contributed by atoms with Crippen LogP contribution in [0, 0.1) is 0 Å². The predicted molar refractivity (Wildman–Crippen MR) is 96.0 cm³/mol. The number of benzene rings is 2. The van der Waals surface area contributed by atoms with E-state index in [1.165, 1.54) is 0 Å². The van der Waals surface area contributed by atoms with E-state index in [0.717, 1.165) is 28.0 Å². The van der Waals surface area contributed by atoms with E-state index in [4.69, 9.17) is 0 Å². The molecule has 21 heavy (non-hydrogen) atoms. The first-order chi connectivity index (χ1) is 10.1. The summed E-state index contributed by atoms with van der Waals surface area (Å²) in [6.07, 6.45) is 0. The maximum Gasteiger partial charge on any atom is 0.262 e. The molecule has 2 nitrogen and oxygen atoms in total. The molecule has 0 saturated carbocycles. The highest BCUT2D eigenvalue weighted by molar-refractivity contribution is 8.01. The zero-order chi connectivity index (χ0) is 15.1. The smallest absolute Gasteiger partial charge is 0.262 e. The van der Waals surface area contributed by atoms with Gasteiger partial charge >= 0.3 is 0 Å². The number of nitrogens with zero attached hydrogens (tertiary/aromatic N) is 1. The van der Waals surface area contributed by atoms with Crippen LogP contribution in [0.3, 0.4) is 0 Å². The van der Waals surface area contributed by atoms with Gasteiger partial charge in [-0.15, -0.1) is 0 Å². The minimum atomic E-state index is -2.63. The summed E-state index contributed by atoms with van der Waals surface area (Å²) in [5, 5.41) is 2.98. The lowest BCUT2D eigenvalue weighted by atomic mass is 10.4. The zero-order valence-electron chi connectivity index (χ0n) is 12.7. The summed E-state index contributed by atoms with van der Waals surface area (Å²) in [6, 6.07) is 20.3. The van der Waals surface area contributed by atoms with Gasteiger partial charge in [0.05, 0.1) is 0 Å². The molecule has 0 fully saturated rings. The Bertz CT molecular complexity index is 494. The molecule has 0 aliphatic heterocycles. The van der Waals surface area contributed by atoms with Gasteiger partial charge in [-0.2, -0.15) is 11.8 Å². The van der Waals surface area contributed by atoms with Gasteiger partial charge in [0, 0.05) is 17.7 Å². The van der Waals surface area contributed by atoms with E-state index in [-0.39, 0.29) is 0 Å². The highest BCUT2D eigenvalue weighted by atomic mass is 32.2. The minimum absolute atomic E-state index is 0.800. The van der Waals surface area contributed by atoms with Crippen LogP contribution in [0.2, 0.25) is 0 Å². The molecule has 0 amide bonds. The summed E-state index contributed by atoms with van der Waals surface area (Å²) in [6.45, 7) is 1.04. The van der Waals surface area contributed by atoms with Gasteiger partial charge in [0.2, 0.25) is 0 Å². The van der Waals surface area contributed by atoms with Crippen molar-refractivity contribution in [2.24, 2.45) is 0 Å². The van der Waals surface area contributed by atoms with Crippen LogP contribution in [0.25, 0.3) is 0 Å². The van der Waals surface area contributed by atoms with Crippen molar-refractivity contribution in [3.8, 4) is 0 Å². The second-order valence-electron chi connectivity index (χ2n) is 5.45. The topological polar surface area (TPSA) is 23.5 Å². The Labute approximate surface area is 132 Å². The standard InChI is InChI=1S/C17H23NOSSi/c1-18(2)13-14-20-15-21(19,16-9-5-3-6-10-16)17-11-7-4-8-12-17/h3-12,19H,13-15H2,1-2H3. The SMILES string of the molecule is CN(C)CCSC[Si](O)(c1ccccc1)c1ccccc1. The molecule has 0 aromatic heterocycles.